The van der Waals surface area contributed by atoms with Gasteiger partial charge in [-0.1, -0.05) is 11.6 Å². The molecule has 2 heterocycles. The Morgan fingerprint density at radius 1 is 1.68 bits per heavy atom. The standard InChI is InChI=1S/C13H17ClN2O3/c1-2-16(8-9-4-3-5-19-9)12-6-10(13(17)18)11(14)7-15-12/h6-7,9H,2-5,8H2,1H3,(H,17,18). The van der Waals surface area contributed by atoms with Crippen molar-refractivity contribution < 1.29 is 14.6 Å². The summed E-state index contributed by atoms with van der Waals surface area (Å²) >= 11 is 5.82. The SMILES string of the molecule is CCN(CC1CCCO1)c1cc(C(=O)O)c(Cl)cn1. The number of carbonyl (C=O) groups is 1. The summed E-state index contributed by atoms with van der Waals surface area (Å²) in [5.74, 6) is -0.415. The van der Waals surface area contributed by atoms with Crippen LogP contribution in [0.1, 0.15) is 30.1 Å². The van der Waals surface area contributed by atoms with E-state index in [0.717, 1.165) is 32.5 Å². The minimum atomic E-state index is -1.04. The second kappa shape index (κ2) is 6.21. The number of nitrogens with zero attached hydrogens (tertiary/aromatic N) is 2. The van der Waals surface area contributed by atoms with Crippen LogP contribution in [0.15, 0.2) is 12.3 Å². The first-order valence-corrected chi connectivity index (χ1v) is 6.75. The molecule has 1 aromatic heterocycles. The number of carboxylic acids is 1. The second-order valence-corrected chi connectivity index (χ2v) is 4.91. The molecule has 0 aromatic carbocycles. The lowest BCUT2D eigenvalue weighted by Gasteiger charge is -2.25. The van der Waals surface area contributed by atoms with Gasteiger partial charge in [-0.2, -0.15) is 0 Å². The van der Waals surface area contributed by atoms with Crippen LogP contribution in [0.4, 0.5) is 5.82 Å². The number of hydrogen-bond donors (Lipinski definition) is 1. The van der Waals surface area contributed by atoms with Crippen LogP contribution in [-0.2, 0) is 4.74 Å². The molecular weight excluding hydrogens is 268 g/mol. The molecule has 0 radical (unpaired) electrons. The summed E-state index contributed by atoms with van der Waals surface area (Å²) in [4.78, 5) is 17.3. The van der Waals surface area contributed by atoms with Crippen molar-refractivity contribution in [3.8, 4) is 0 Å². The van der Waals surface area contributed by atoms with Crippen LogP contribution in [0.25, 0.3) is 0 Å². The lowest BCUT2D eigenvalue weighted by atomic mass is 10.2. The van der Waals surface area contributed by atoms with Crippen LogP contribution in [0, 0.1) is 0 Å². The maximum absolute atomic E-state index is 11.1. The van der Waals surface area contributed by atoms with Gasteiger partial charge in [0.1, 0.15) is 5.82 Å². The molecule has 0 saturated carbocycles. The Labute approximate surface area is 117 Å². The van der Waals surface area contributed by atoms with Gasteiger partial charge < -0.3 is 14.7 Å². The topological polar surface area (TPSA) is 62.7 Å². The Morgan fingerprint density at radius 2 is 2.47 bits per heavy atom. The number of hydrogen-bond acceptors (Lipinski definition) is 4. The van der Waals surface area contributed by atoms with E-state index in [2.05, 4.69) is 4.98 Å². The molecule has 5 nitrogen and oxygen atoms in total. The summed E-state index contributed by atoms with van der Waals surface area (Å²) in [6, 6.07) is 1.52. The largest absolute Gasteiger partial charge is 0.478 e. The van der Waals surface area contributed by atoms with Crippen LogP contribution in [0.3, 0.4) is 0 Å². The third-order valence-corrected chi connectivity index (χ3v) is 3.53. The highest BCUT2D eigenvalue weighted by Gasteiger charge is 2.20. The monoisotopic (exact) mass is 284 g/mol. The third kappa shape index (κ3) is 3.36. The van der Waals surface area contributed by atoms with Gasteiger partial charge in [0.25, 0.3) is 0 Å². The molecular formula is C13H17ClN2O3. The van der Waals surface area contributed by atoms with Gasteiger partial charge in [0.2, 0.25) is 0 Å². The van der Waals surface area contributed by atoms with E-state index >= 15 is 0 Å². The van der Waals surface area contributed by atoms with Gasteiger partial charge in [-0.25, -0.2) is 9.78 Å². The molecule has 0 amide bonds. The molecule has 6 heteroatoms. The second-order valence-electron chi connectivity index (χ2n) is 4.50. The molecule has 1 N–H and O–H groups in total. The molecule has 1 fully saturated rings. The fourth-order valence-corrected chi connectivity index (χ4v) is 2.37. The van der Waals surface area contributed by atoms with Crippen LogP contribution in [0.5, 0.6) is 0 Å². The molecule has 0 bridgehead atoms. The molecule has 1 atom stereocenters. The van der Waals surface area contributed by atoms with E-state index < -0.39 is 5.97 Å². The molecule has 0 spiro atoms. The maximum Gasteiger partial charge on any atom is 0.337 e. The van der Waals surface area contributed by atoms with E-state index in [0.29, 0.717) is 5.82 Å². The first kappa shape index (κ1) is 14.1. The van der Waals surface area contributed by atoms with Crippen LogP contribution in [-0.4, -0.2) is 41.9 Å². The van der Waals surface area contributed by atoms with E-state index in [4.69, 9.17) is 21.4 Å². The van der Waals surface area contributed by atoms with Crippen LogP contribution < -0.4 is 4.90 Å². The summed E-state index contributed by atoms with van der Waals surface area (Å²) in [5, 5.41) is 9.23. The predicted octanol–water partition coefficient (Wildman–Crippen LogP) is 2.44. The van der Waals surface area contributed by atoms with Gasteiger partial charge in [-0.15, -0.1) is 0 Å². The zero-order valence-electron chi connectivity index (χ0n) is 10.8. The molecule has 1 saturated heterocycles. The lowest BCUT2D eigenvalue weighted by molar-refractivity contribution is 0.0697. The molecule has 1 aromatic rings. The van der Waals surface area contributed by atoms with Crippen molar-refractivity contribution in [3.05, 3.63) is 22.8 Å². The van der Waals surface area contributed by atoms with E-state index in [1.807, 2.05) is 11.8 Å². The average molecular weight is 285 g/mol. The number of aromatic carboxylic acids is 1. The Morgan fingerprint density at radius 3 is 3.05 bits per heavy atom. The fourth-order valence-electron chi connectivity index (χ4n) is 2.18. The van der Waals surface area contributed by atoms with Gasteiger partial charge in [-0.05, 0) is 25.8 Å². The van der Waals surface area contributed by atoms with Gasteiger partial charge in [0, 0.05) is 25.9 Å². The normalized spacial score (nSPS) is 18.5. The highest BCUT2D eigenvalue weighted by molar-refractivity contribution is 6.33. The highest BCUT2D eigenvalue weighted by Crippen LogP contribution is 2.22. The lowest BCUT2D eigenvalue weighted by Crippen LogP contribution is -2.32. The fraction of sp³-hybridized carbons (Fsp3) is 0.538. The average Bonchev–Trinajstić information content (AvgIpc) is 2.89. The number of aromatic nitrogens is 1. The van der Waals surface area contributed by atoms with Crippen molar-refractivity contribution in [2.24, 2.45) is 0 Å². The van der Waals surface area contributed by atoms with Crippen LogP contribution in [0.2, 0.25) is 5.02 Å². The molecule has 19 heavy (non-hydrogen) atoms. The number of anilines is 1. The van der Waals surface area contributed by atoms with Crippen molar-refractivity contribution in [2.75, 3.05) is 24.6 Å². The number of rotatable bonds is 5. The Hall–Kier alpha value is -1.33. The van der Waals surface area contributed by atoms with Crippen LogP contribution >= 0.6 is 11.6 Å². The number of halogens is 1. The van der Waals surface area contributed by atoms with Gasteiger partial charge in [0.05, 0.1) is 16.7 Å². The van der Waals surface area contributed by atoms with Crippen molar-refractivity contribution in [1.82, 2.24) is 4.98 Å². The van der Waals surface area contributed by atoms with Crippen molar-refractivity contribution in [3.63, 3.8) is 0 Å². The predicted molar refractivity (Wildman–Crippen MR) is 73.1 cm³/mol. The quantitative estimate of drug-likeness (QED) is 0.900. The van der Waals surface area contributed by atoms with E-state index in [1.54, 1.807) is 0 Å². The molecule has 1 unspecified atom stereocenters. The molecule has 2 rings (SSSR count). The maximum atomic E-state index is 11.1. The zero-order chi connectivity index (χ0) is 13.8. The minimum Gasteiger partial charge on any atom is -0.478 e. The van der Waals surface area contributed by atoms with Crippen molar-refractivity contribution in [2.45, 2.75) is 25.9 Å². The summed E-state index contributed by atoms with van der Waals surface area (Å²) in [6.45, 7) is 4.28. The Kier molecular flexibility index (Phi) is 4.61. The van der Waals surface area contributed by atoms with E-state index in [-0.39, 0.29) is 16.7 Å². The summed E-state index contributed by atoms with van der Waals surface area (Å²) in [5.41, 5.74) is 0.0810. The zero-order valence-corrected chi connectivity index (χ0v) is 11.6. The van der Waals surface area contributed by atoms with Gasteiger partial charge >= 0.3 is 5.97 Å². The summed E-state index contributed by atoms with van der Waals surface area (Å²) in [6.07, 6.45) is 3.70. The third-order valence-electron chi connectivity index (χ3n) is 3.23. The minimum absolute atomic E-state index is 0.0810. The highest BCUT2D eigenvalue weighted by atomic mass is 35.5. The number of pyridine rings is 1. The number of carboxylic acid groups (broad SMARTS) is 1. The Bertz CT molecular complexity index is 461. The molecule has 1 aliphatic rings. The number of ether oxygens (including phenoxy) is 1. The van der Waals surface area contributed by atoms with E-state index in [1.165, 1.54) is 12.3 Å². The van der Waals surface area contributed by atoms with Crippen molar-refractivity contribution in [1.29, 1.82) is 0 Å². The molecule has 0 aliphatic carbocycles. The van der Waals surface area contributed by atoms with Gasteiger partial charge in [0.15, 0.2) is 0 Å². The van der Waals surface area contributed by atoms with E-state index in [9.17, 15) is 4.79 Å². The molecule has 1 aliphatic heterocycles. The van der Waals surface area contributed by atoms with Gasteiger partial charge in [-0.3, -0.25) is 0 Å². The van der Waals surface area contributed by atoms with Crippen molar-refractivity contribution >= 4 is 23.4 Å². The summed E-state index contributed by atoms with van der Waals surface area (Å²) < 4.78 is 5.60. The smallest absolute Gasteiger partial charge is 0.337 e. The number of likely N-dealkylation sites (N-methyl/N-ethyl adjacent to an activating group) is 1. The Balaban J connectivity index is 2.17. The first-order valence-electron chi connectivity index (χ1n) is 6.37. The first-order chi connectivity index (χ1) is 9.11. The summed E-state index contributed by atoms with van der Waals surface area (Å²) in [7, 11) is 0. The molecule has 104 valence electrons.